The monoisotopic (exact) mass is 359 g/mol. The van der Waals surface area contributed by atoms with E-state index in [4.69, 9.17) is 14.6 Å². The molecule has 1 aromatic rings. The van der Waals surface area contributed by atoms with Gasteiger partial charge in [0.1, 0.15) is 18.0 Å². The summed E-state index contributed by atoms with van der Waals surface area (Å²) in [7, 11) is 0. The molecule has 0 aliphatic carbocycles. The van der Waals surface area contributed by atoms with Crippen LogP contribution in [0.3, 0.4) is 0 Å². The van der Waals surface area contributed by atoms with Crippen molar-refractivity contribution in [1.29, 1.82) is 0 Å². The smallest absolute Gasteiger partial charge is 0.408 e. The molecule has 1 rings (SSSR count). The zero-order valence-electron chi connectivity index (χ0n) is 12.1. The number of carboxylic acid groups (broad SMARTS) is 1. The van der Waals surface area contributed by atoms with Gasteiger partial charge in [-0.15, -0.1) is 0 Å². The van der Waals surface area contributed by atoms with E-state index in [0.717, 1.165) is 4.47 Å². The summed E-state index contributed by atoms with van der Waals surface area (Å²) < 4.78 is 11.2. The molecule has 2 N–H and O–H groups in total. The van der Waals surface area contributed by atoms with E-state index in [1.54, 1.807) is 45.0 Å². The average Bonchev–Trinajstić information content (AvgIpc) is 2.33. The number of benzene rings is 1. The highest BCUT2D eigenvalue weighted by Gasteiger charge is 2.24. The van der Waals surface area contributed by atoms with E-state index >= 15 is 0 Å². The SMILES string of the molecule is CC(C)(C)OC(=O)N[C@H](COc1ccc(Br)cc1)C(=O)O. The molecule has 0 radical (unpaired) electrons. The Labute approximate surface area is 131 Å². The Balaban J connectivity index is 2.56. The Kier molecular flexibility index (Phi) is 6.02. The number of ether oxygens (including phenoxy) is 2. The van der Waals surface area contributed by atoms with Crippen LogP contribution in [-0.2, 0) is 9.53 Å². The van der Waals surface area contributed by atoms with E-state index in [1.165, 1.54) is 0 Å². The number of hydrogen-bond donors (Lipinski definition) is 2. The van der Waals surface area contributed by atoms with Gasteiger partial charge in [-0.3, -0.25) is 0 Å². The summed E-state index contributed by atoms with van der Waals surface area (Å²) >= 11 is 3.29. The summed E-state index contributed by atoms with van der Waals surface area (Å²) in [6.07, 6.45) is -0.797. The molecule has 0 aromatic heterocycles. The Morgan fingerprint density at radius 2 is 1.86 bits per heavy atom. The van der Waals surface area contributed by atoms with E-state index in [2.05, 4.69) is 21.2 Å². The molecule has 0 saturated heterocycles. The van der Waals surface area contributed by atoms with E-state index in [9.17, 15) is 9.59 Å². The lowest BCUT2D eigenvalue weighted by Crippen LogP contribution is -2.46. The molecule has 21 heavy (non-hydrogen) atoms. The van der Waals surface area contributed by atoms with Gasteiger partial charge in [-0.1, -0.05) is 15.9 Å². The van der Waals surface area contributed by atoms with E-state index in [0.29, 0.717) is 5.75 Å². The lowest BCUT2D eigenvalue weighted by atomic mass is 10.2. The van der Waals surface area contributed by atoms with Gasteiger partial charge in [0.15, 0.2) is 6.04 Å². The molecule has 6 nitrogen and oxygen atoms in total. The number of hydrogen-bond acceptors (Lipinski definition) is 4. The Hall–Kier alpha value is -1.76. The molecule has 116 valence electrons. The van der Waals surface area contributed by atoms with E-state index < -0.39 is 23.7 Å². The van der Waals surface area contributed by atoms with Crippen molar-refractivity contribution < 1.29 is 24.2 Å². The number of alkyl carbamates (subject to hydrolysis) is 1. The maximum atomic E-state index is 11.6. The normalized spacial score (nSPS) is 12.4. The van der Waals surface area contributed by atoms with Crippen LogP contribution in [0.15, 0.2) is 28.7 Å². The maximum absolute atomic E-state index is 11.6. The van der Waals surface area contributed by atoms with Gasteiger partial charge in [-0.25, -0.2) is 9.59 Å². The first kappa shape index (κ1) is 17.3. The average molecular weight is 360 g/mol. The largest absolute Gasteiger partial charge is 0.491 e. The predicted octanol–water partition coefficient (Wildman–Crippen LogP) is 2.81. The third kappa shape index (κ3) is 6.99. The molecular formula is C14H18BrNO5. The van der Waals surface area contributed by atoms with Crippen molar-refractivity contribution in [2.75, 3.05) is 6.61 Å². The zero-order chi connectivity index (χ0) is 16.0. The standard InChI is InChI=1S/C14H18BrNO5/c1-14(2,3)21-13(19)16-11(12(17)18)8-20-10-6-4-9(15)5-7-10/h4-7,11H,8H2,1-3H3,(H,16,19)(H,17,18)/t11-/m1/s1. The Bertz CT molecular complexity index is 495. The van der Waals surface area contributed by atoms with Crippen LogP contribution < -0.4 is 10.1 Å². The minimum atomic E-state index is -1.20. The highest BCUT2D eigenvalue weighted by Crippen LogP contribution is 2.16. The van der Waals surface area contributed by atoms with Crippen molar-refractivity contribution in [2.45, 2.75) is 32.4 Å². The molecule has 0 bridgehead atoms. The van der Waals surface area contributed by atoms with Crippen LogP contribution in [0.1, 0.15) is 20.8 Å². The summed E-state index contributed by atoms with van der Waals surface area (Å²) in [5.74, 6) is -0.687. The second kappa shape index (κ2) is 7.31. The molecule has 1 amide bonds. The first-order valence-corrected chi connectivity index (χ1v) is 7.07. The van der Waals surface area contributed by atoms with Crippen LogP contribution in [0, 0.1) is 0 Å². The van der Waals surface area contributed by atoms with E-state index in [1.807, 2.05) is 0 Å². The topological polar surface area (TPSA) is 84.9 Å². The molecule has 0 saturated carbocycles. The number of carbonyl (C=O) groups is 2. The van der Waals surface area contributed by atoms with Crippen LogP contribution in [0.4, 0.5) is 4.79 Å². The fourth-order valence-corrected chi connectivity index (χ4v) is 1.60. The molecule has 0 spiro atoms. The summed E-state index contributed by atoms with van der Waals surface area (Å²) in [4.78, 5) is 22.7. The van der Waals surface area contributed by atoms with Gasteiger partial charge in [0.05, 0.1) is 0 Å². The van der Waals surface area contributed by atoms with Gasteiger partial charge in [0.25, 0.3) is 0 Å². The lowest BCUT2D eigenvalue weighted by molar-refractivity contribution is -0.140. The molecule has 0 unspecified atom stereocenters. The number of aliphatic carboxylic acids is 1. The fourth-order valence-electron chi connectivity index (χ4n) is 1.33. The quantitative estimate of drug-likeness (QED) is 0.844. The predicted molar refractivity (Wildman–Crippen MR) is 80.4 cm³/mol. The fraction of sp³-hybridized carbons (Fsp3) is 0.429. The summed E-state index contributed by atoms with van der Waals surface area (Å²) in [5.41, 5.74) is -0.695. The number of nitrogens with one attached hydrogen (secondary N) is 1. The van der Waals surface area contributed by atoms with Crippen molar-refractivity contribution in [2.24, 2.45) is 0 Å². The van der Waals surface area contributed by atoms with Crippen molar-refractivity contribution >= 4 is 28.0 Å². The van der Waals surface area contributed by atoms with Gasteiger partial charge >= 0.3 is 12.1 Å². The van der Waals surface area contributed by atoms with Crippen molar-refractivity contribution in [3.8, 4) is 5.75 Å². The van der Waals surface area contributed by atoms with Gasteiger partial charge < -0.3 is 19.9 Å². The van der Waals surface area contributed by atoms with Crippen LogP contribution in [0.25, 0.3) is 0 Å². The summed E-state index contributed by atoms with van der Waals surface area (Å²) in [6.45, 7) is 4.89. The Morgan fingerprint density at radius 1 is 1.29 bits per heavy atom. The first-order chi connectivity index (χ1) is 9.67. The van der Waals surface area contributed by atoms with Crippen molar-refractivity contribution in [3.63, 3.8) is 0 Å². The van der Waals surface area contributed by atoms with Gasteiger partial charge in [0, 0.05) is 4.47 Å². The number of carboxylic acids is 1. The molecular weight excluding hydrogens is 342 g/mol. The van der Waals surface area contributed by atoms with Crippen molar-refractivity contribution in [3.05, 3.63) is 28.7 Å². The van der Waals surface area contributed by atoms with Gasteiger partial charge in [-0.2, -0.15) is 0 Å². The van der Waals surface area contributed by atoms with Gasteiger partial charge in [0.2, 0.25) is 0 Å². The number of rotatable bonds is 5. The highest BCUT2D eigenvalue weighted by molar-refractivity contribution is 9.10. The second-order valence-electron chi connectivity index (χ2n) is 5.30. The van der Waals surface area contributed by atoms with E-state index in [-0.39, 0.29) is 6.61 Å². The Morgan fingerprint density at radius 3 is 2.33 bits per heavy atom. The van der Waals surface area contributed by atoms with Crippen molar-refractivity contribution in [1.82, 2.24) is 5.32 Å². The lowest BCUT2D eigenvalue weighted by Gasteiger charge is -2.22. The third-order valence-corrected chi connectivity index (χ3v) is 2.75. The second-order valence-corrected chi connectivity index (χ2v) is 6.22. The highest BCUT2D eigenvalue weighted by atomic mass is 79.9. The number of carbonyl (C=O) groups excluding carboxylic acids is 1. The number of amides is 1. The van der Waals surface area contributed by atoms with Crippen LogP contribution in [0.2, 0.25) is 0 Å². The van der Waals surface area contributed by atoms with Crippen LogP contribution in [0.5, 0.6) is 5.75 Å². The summed E-state index contributed by atoms with van der Waals surface area (Å²) in [5, 5.41) is 11.3. The zero-order valence-corrected chi connectivity index (χ0v) is 13.6. The maximum Gasteiger partial charge on any atom is 0.408 e. The van der Waals surface area contributed by atoms with Crippen LogP contribution in [-0.4, -0.2) is 35.4 Å². The molecule has 0 aliphatic heterocycles. The van der Waals surface area contributed by atoms with Gasteiger partial charge in [-0.05, 0) is 45.0 Å². The molecule has 7 heteroatoms. The number of halogens is 1. The molecule has 1 aromatic carbocycles. The third-order valence-electron chi connectivity index (χ3n) is 2.22. The first-order valence-electron chi connectivity index (χ1n) is 6.28. The van der Waals surface area contributed by atoms with Crippen LogP contribution >= 0.6 is 15.9 Å². The minimum absolute atomic E-state index is 0.198. The molecule has 1 atom stereocenters. The minimum Gasteiger partial charge on any atom is -0.491 e. The molecule has 0 fully saturated rings. The molecule has 0 heterocycles. The molecule has 0 aliphatic rings. The summed E-state index contributed by atoms with van der Waals surface area (Å²) in [6, 6.07) is 5.73.